The van der Waals surface area contributed by atoms with E-state index in [1.54, 1.807) is 4.90 Å². The van der Waals surface area contributed by atoms with Crippen LogP contribution in [0.2, 0.25) is 0 Å². The van der Waals surface area contributed by atoms with Crippen LogP contribution in [0.5, 0.6) is 0 Å². The molecule has 1 aliphatic rings. The second kappa shape index (κ2) is 21.8. The van der Waals surface area contributed by atoms with Gasteiger partial charge in [0.05, 0.1) is 52.2 Å². The van der Waals surface area contributed by atoms with E-state index in [9.17, 15) is 30.3 Å². The first-order chi connectivity index (χ1) is 22.8. The highest BCUT2D eigenvalue weighted by molar-refractivity contribution is 5.73. The molecule has 1 saturated heterocycles. The van der Waals surface area contributed by atoms with E-state index in [2.05, 4.69) is 19.6 Å². The minimum atomic E-state index is -1.03. The van der Waals surface area contributed by atoms with E-state index in [0.717, 1.165) is 11.1 Å². The van der Waals surface area contributed by atoms with Gasteiger partial charge in [-0.3, -0.25) is 39.7 Å². The van der Waals surface area contributed by atoms with Crippen LogP contribution in [-0.4, -0.2) is 156 Å². The maximum Gasteiger partial charge on any atom is 0.323 e. The van der Waals surface area contributed by atoms with Crippen molar-refractivity contribution in [3.63, 3.8) is 0 Å². The monoisotopic (exact) mass is 662 g/mol. The normalized spacial score (nSPS) is 18.5. The molecule has 3 rings (SSSR count). The number of nitrogens with zero attached hydrogens (tertiary/aromatic N) is 4. The van der Waals surface area contributed by atoms with E-state index in [-0.39, 0.29) is 51.7 Å². The van der Waals surface area contributed by atoms with Gasteiger partial charge in [0.25, 0.3) is 0 Å². The van der Waals surface area contributed by atoms with E-state index in [4.69, 9.17) is 9.47 Å². The minimum absolute atomic E-state index is 0.0138. The van der Waals surface area contributed by atoms with Crippen LogP contribution in [0.25, 0.3) is 0 Å². The Morgan fingerprint density at radius 2 is 1.15 bits per heavy atom. The van der Waals surface area contributed by atoms with Crippen LogP contribution in [0.4, 0.5) is 0 Å². The molecule has 1 aliphatic heterocycles. The molecule has 0 aromatic heterocycles. The third kappa shape index (κ3) is 14.3. The highest BCUT2D eigenvalue weighted by Gasteiger charge is 2.30. The number of aliphatic carboxylic acids is 2. The standard InChI is InChI=1S/C33H50N4O10/c1-27(21-46-42)35-16-18-36(30(25-47-43)24-44-22-28-8-4-2-5-9-28)14-12-34(20-32(38)39)13-15-37(19-17-35)31(33(40)41)26-45-23-29-10-6-3-7-11-29/h2-11,27,30-31,42-43H,12-26H2,1H3,(H,38,39)(H,40,41). The van der Waals surface area contributed by atoms with E-state index < -0.39 is 18.0 Å². The molecular formula is C33H50N4O10. The van der Waals surface area contributed by atoms with Crippen LogP contribution < -0.4 is 0 Å². The average molecular weight is 663 g/mol. The third-order valence-electron chi connectivity index (χ3n) is 8.37. The fraction of sp³-hybridized carbons (Fsp3) is 0.576. The van der Waals surface area contributed by atoms with Crippen molar-refractivity contribution in [3.8, 4) is 0 Å². The van der Waals surface area contributed by atoms with E-state index in [1.165, 1.54) is 0 Å². The van der Waals surface area contributed by atoms with Gasteiger partial charge in [-0.1, -0.05) is 60.7 Å². The maximum absolute atomic E-state index is 12.5. The number of hydrogen-bond donors (Lipinski definition) is 4. The van der Waals surface area contributed by atoms with Crippen LogP contribution in [0.1, 0.15) is 18.1 Å². The number of ether oxygens (including phenoxy) is 2. The van der Waals surface area contributed by atoms with Crippen molar-refractivity contribution in [1.29, 1.82) is 0 Å². The molecule has 2 aromatic carbocycles. The largest absolute Gasteiger partial charge is 0.480 e. The predicted molar refractivity (Wildman–Crippen MR) is 173 cm³/mol. The second-order valence-electron chi connectivity index (χ2n) is 11.7. The van der Waals surface area contributed by atoms with Crippen molar-refractivity contribution in [2.24, 2.45) is 0 Å². The SMILES string of the molecule is CC(COO)N1CCN(C(COO)COCc2ccccc2)CCN(CC(=O)O)CCN(C(COCc2ccccc2)C(=O)O)CC1. The summed E-state index contributed by atoms with van der Waals surface area (Å²) < 4.78 is 11.9. The Labute approximate surface area is 276 Å². The molecule has 4 N–H and O–H groups in total. The van der Waals surface area contributed by atoms with Crippen molar-refractivity contribution in [2.75, 3.05) is 85.3 Å². The van der Waals surface area contributed by atoms with Gasteiger partial charge in [-0.15, -0.1) is 0 Å². The van der Waals surface area contributed by atoms with E-state index in [1.807, 2.05) is 72.5 Å². The number of rotatable bonds is 18. The van der Waals surface area contributed by atoms with Crippen molar-refractivity contribution in [1.82, 2.24) is 19.6 Å². The molecule has 0 spiro atoms. The topological polar surface area (TPSA) is 165 Å². The Balaban J connectivity index is 1.78. The second-order valence-corrected chi connectivity index (χ2v) is 11.7. The molecule has 14 nitrogen and oxygen atoms in total. The van der Waals surface area contributed by atoms with Gasteiger partial charge in [-0.25, -0.2) is 9.78 Å². The molecule has 0 amide bonds. The van der Waals surface area contributed by atoms with Crippen molar-refractivity contribution in [3.05, 3.63) is 71.8 Å². The summed E-state index contributed by atoms with van der Waals surface area (Å²) in [6, 6.07) is 17.8. The summed E-state index contributed by atoms with van der Waals surface area (Å²) in [5.41, 5.74) is 1.94. The first-order valence-corrected chi connectivity index (χ1v) is 16.0. The minimum Gasteiger partial charge on any atom is -0.480 e. The Morgan fingerprint density at radius 1 is 0.660 bits per heavy atom. The summed E-state index contributed by atoms with van der Waals surface area (Å²) in [5.74, 6) is -2.01. The van der Waals surface area contributed by atoms with Gasteiger partial charge in [0, 0.05) is 58.4 Å². The number of carbonyl (C=O) groups is 2. The smallest absolute Gasteiger partial charge is 0.323 e. The molecule has 2 aromatic rings. The molecule has 262 valence electrons. The molecular weight excluding hydrogens is 612 g/mol. The highest BCUT2D eigenvalue weighted by atomic mass is 17.1. The molecule has 14 heteroatoms. The molecule has 0 bridgehead atoms. The average Bonchev–Trinajstić information content (AvgIpc) is 3.05. The molecule has 3 unspecified atom stereocenters. The van der Waals surface area contributed by atoms with Gasteiger partial charge in [-0.05, 0) is 18.1 Å². The summed E-state index contributed by atoms with van der Waals surface area (Å²) >= 11 is 0. The lowest BCUT2D eigenvalue weighted by atomic mass is 10.2. The van der Waals surface area contributed by atoms with Gasteiger partial charge in [0.1, 0.15) is 6.04 Å². The fourth-order valence-electron chi connectivity index (χ4n) is 5.61. The van der Waals surface area contributed by atoms with Gasteiger partial charge in [0.2, 0.25) is 0 Å². The Kier molecular flexibility index (Phi) is 17.8. The van der Waals surface area contributed by atoms with Crippen molar-refractivity contribution < 1.29 is 49.6 Å². The van der Waals surface area contributed by atoms with Crippen LogP contribution in [-0.2, 0) is 42.1 Å². The lowest BCUT2D eigenvalue weighted by molar-refractivity contribution is -0.255. The first-order valence-electron chi connectivity index (χ1n) is 16.0. The molecule has 0 saturated carbocycles. The summed E-state index contributed by atoms with van der Waals surface area (Å²) in [7, 11) is 0. The zero-order valence-corrected chi connectivity index (χ0v) is 27.1. The van der Waals surface area contributed by atoms with E-state index >= 15 is 0 Å². The van der Waals surface area contributed by atoms with Crippen molar-refractivity contribution >= 4 is 11.9 Å². The number of hydrogen-bond acceptors (Lipinski definition) is 12. The summed E-state index contributed by atoms with van der Waals surface area (Å²) in [4.78, 5) is 41.2. The number of carboxylic acid groups (broad SMARTS) is 2. The Bertz CT molecular complexity index is 1150. The lowest BCUT2D eigenvalue weighted by Gasteiger charge is -2.39. The van der Waals surface area contributed by atoms with Crippen LogP contribution in [0.3, 0.4) is 0 Å². The van der Waals surface area contributed by atoms with Gasteiger partial charge in [-0.2, -0.15) is 0 Å². The zero-order chi connectivity index (χ0) is 33.9. The molecule has 47 heavy (non-hydrogen) atoms. The van der Waals surface area contributed by atoms with Crippen LogP contribution in [0, 0.1) is 0 Å². The van der Waals surface area contributed by atoms with Crippen molar-refractivity contribution in [2.45, 2.75) is 38.3 Å². The summed E-state index contributed by atoms with van der Waals surface area (Å²) in [6.07, 6.45) is 0. The first kappa shape index (κ1) is 38.4. The maximum atomic E-state index is 12.5. The number of benzene rings is 2. The molecule has 3 atom stereocenters. The quantitative estimate of drug-likeness (QED) is 0.135. The zero-order valence-electron chi connectivity index (χ0n) is 27.1. The fourth-order valence-corrected chi connectivity index (χ4v) is 5.61. The highest BCUT2D eigenvalue weighted by Crippen LogP contribution is 2.12. The molecule has 1 heterocycles. The van der Waals surface area contributed by atoms with Gasteiger partial charge >= 0.3 is 11.9 Å². The summed E-state index contributed by atoms with van der Waals surface area (Å²) in [5, 5.41) is 38.6. The molecule has 0 aliphatic carbocycles. The predicted octanol–water partition coefficient (Wildman–Crippen LogP) is 1.92. The Hall–Kier alpha value is -3.02. The summed E-state index contributed by atoms with van der Waals surface area (Å²) in [6.45, 7) is 5.85. The van der Waals surface area contributed by atoms with Gasteiger partial charge in [0.15, 0.2) is 0 Å². The molecule has 0 radical (unpaired) electrons. The third-order valence-corrected chi connectivity index (χ3v) is 8.37. The number of carboxylic acids is 2. The van der Waals surface area contributed by atoms with Crippen LogP contribution in [0.15, 0.2) is 60.7 Å². The van der Waals surface area contributed by atoms with E-state index in [0.29, 0.717) is 59.0 Å². The lowest BCUT2D eigenvalue weighted by Crippen LogP contribution is -2.55. The Morgan fingerprint density at radius 3 is 1.68 bits per heavy atom. The van der Waals surface area contributed by atoms with Crippen LogP contribution >= 0.6 is 0 Å². The van der Waals surface area contributed by atoms with Gasteiger partial charge < -0.3 is 19.7 Å². The molecule has 1 fully saturated rings.